The Hall–Kier alpha value is -1.35. The Labute approximate surface area is 95.7 Å². The fourth-order valence-corrected chi connectivity index (χ4v) is 2.22. The fourth-order valence-electron chi connectivity index (χ4n) is 2.22. The number of rotatable bonds is 3. The van der Waals surface area contributed by atoms with Crippen LogP contribution in [0.2, 0.25) is 0 Å². The van der Waals surface area contributed by atoms with Crippen molar-refractivity contribution in [3.8, 4) is 0 Å². The molecule has 86 valence electrons. The molecule has 0 unspecified atom stereocenters. The Morgan fingerprint density at radius 2 is 2.12 bits per heavy atom. The molecule has 3 heteroatoms. The first-order chi connectivity index (χ1) is 7.74. The summed E-state index contributed by atoms with van der Waals surface area (Å²) in [5.74, 6) is 0.251. The van der Waals surface area contributed by atoms with Gasteiger partial charge in [0, 0.05) is 12.5 Å². The molecule has 16 heavy (non-hydrogen) atoms. The first kappa shape index (κ1) is 11.1. The van der Waals surface area contributed by atoms with Gasteiger partial charge in [0.05, 0.1) is 12.6 Å². The van der Waals surface area contributed by atoms with Crippen molar-refractivity contribution in [1.82, 2.24) is 4.90 Å². The van der Waals surface area contributed by atoms with Crippen LogP contribution in [0.15, 0.2) is 30.3 Å². The van der Waals surface area contributed by atoms with Crippen molar-refractivity contribution in [2.24, 2.45) is 5.92 Å². The zero-order valence-electron chi connectivity index (χ0n) is 9.47. The molecule has 2 rings (SSSR count). The molecule has 1 aromatic carbocycles. The third-order valence-electron chi connectivity index (χ3n) is 3.24. The van der Waals surface area contributed by atoms with Gasteiger partial charge in [0.25, 0.3) is 0 Å². The Bertz CT molecular complexity index is 363. The highest BCUT2D eigenvalue weighted by molar-refractivity contribution is 5.81. The minimum atomic E-state index is -0.182. The van der Waals surface area contributed by atoms with E-state index in [-0.39, 0.29) is 24.5 Å². The highest BCUT2D eigenvalue weighted by Gasteiger charge is 2.33. The molecular weight excluding hydrogens is 202 g/mol. The lowest BCUT2D eigenvalue weighted by Gasteiger charge is -2.26. The van der Waals surface area contributed by atoms with Crippen molar-refractivity contribution in [2.75, 3.05) is 13.2 Å². The topological polar surface area (TPSA) is 40.5 Å². The maximum absolute atomic E-state index is 11.9. The van der Waals surface area contributed by atoms with Crippen LogP contribution in [0.3, 0.4) is 0 Å². The van der Waals surface area contributed by atoms with Gasteiger partial charge in [-0.25, -0.2) is 0 Å². The minimum absolute atomic E-state index is 0.0114. The second-order valence-electron chi connectivity index (χ2n) is 4.33. The number of hydrogen-bond donors (Lipinski definition) is 1. The van der Waals surface area contributed by atoms with E-state index in [0.717, 1.165) is 18.5 Å². The Morgan fingerprint density at radius 3 is 2.62 bits per heavy atom. The van der Waals surface area contributed by atoms with Gasteiger partial charge < -0.3 is 10.0 Å². The van der Waals surface area contributed by atoms with Gasteiger partial charge in [0.1, 0.15) is 0 Å². The second-order valence-corrected chi connectivity index (χ2v) is 4.33. The summed E-state index contributed by atoms with van der Waals surface area (Å²) in [6.45, 7) is 2.68. The van der Waals surface area contributed by atoms with Crippen LogP contribution >= 0.6 is 0 Å². The summed E-state index contributed by atoms with van der Waals surface area (Å²) < 4.78 is 0. The molecule has 1 aliphatic rings. The fraction of sp³-hybridized carbons (Fsp3) is 0.462. The van der Waals surface area contributed by atoms with Crippen molar-refractivity contribution in [3.05, 3.63) is 35.9 Å². The summed E-state index contributed by atoms with van der Waals surface area (Å²) in [7, 11) is 0. The van der Waals surface area contributed by atoms with Gasteiger partial charge in [-0.15, -0.1) is 0 Å². The molecule has 3 nitrogen and oxygen atoms in total. The largest absolute Gasteiger partial charge is 0.394 e. The van der Waals surface area contributed by atoms with Crippen LogP contribution in [0.1, 0.15) is 24.9 Å². The number of aliphatic hydroxyl groups excluding tert-OH is 1. The van der Waals surface area contributed by atoms with E-state index >= 15 is 0 Å². The molecule has 0 bridgehead atoms. The SMILES string of the molecule is C[C@H]1CCN([C@@H](CO)c2ccccc2)C1=O. The van der Waals surface area contributed by atoms with E-state index in [1.165, 1.54) is 0 Å². The smallest absolute Gasteiger partial charge is 0.226 e. The lowest BCUT2D eigenvalue weighted by atomic mass is 10.1. The van der Waals surface area contributed by atoms with E-state index < -0.39 is 0 Å². The number of nitrogens with zero attached hydrogens (tertiary/aromatic N) is 1. The molecule has 2 atom stereocenters. The number of hydrogen-bond acceptors (Lipinski definition) is 2. The number of aliphatic hydroxyl groups is 1. The first-order valence-electron chi connectivity index (χ1n) is 5.70. The van der Waals surface area contributed by atoms with Gasteiger partial charge in [0.2, 0.25) is 5.91 Å². The first-order valence-corrected chi connectivity index (χ1v) is 5.70. The molecule has 0 spiro atoms. The lowest BCUT2D eigenvalue weighted by Crippen LogP contribution is -2.33. The van der Waals surface area contributed by atoms with Crippen molar-refractivity contribution in [3.63, 3.8) is 0 Å². The van der Waals surface area contributed by atoms with Crippen LogP contribution in [0, 0.1) is 5.92 Å². The Kier molecular flexibility index (Phi) is 3.25. The van der Waals surface area contributed by atoms with Gasteiger partial charge in [-0.2, -0.15) is 0 Å². The standard InChI is InChI=1S/C13H17NO2/c1-10-7-8-14(13(10)16)12(9-15)11-5-3-2-4-6-11/h2-6,10,12,15H,7-9H2,1H3/t10-,12-/m0/s1. The predicted octanol–water partition coefficient (Wildman–Crippen LogP) is 1.59. The normalized spacial score (nSPS) is 22.5. The van der Waals surface area contributed by atoms with E-state index in [1.807, 2.05) is 37.3 Å². The van der Waals surface area contributed by atoms with Crippen molar-refractivity contribution in [2.45, 2.75) is 19.4 Å². The molecular formula is C13H17NO2. The summed E-state index contributed by atoms with van der Waals surface area (Å²) >= 11 is 0. The van der Waals surface area contributed by atoms with Gasteiger partial charge in [-0.05, 0) is 12.0 Å². The van der Waals surface area contributed by atoms with E-state index in [9.17, 15) is 9.90 Å². The van der Waals surface area contributed by atoms with Crippen LogP contribution in [-0.4, -0.2) is 29.1 Å². The van der Waals surface area contributed by atoms with Crippen LogP contribution in [0.4, 0.5) is 0 Å². The summed E-state index contributed by atoms with van der Waals surface area (Å²) in [5.41, 5.74) is 1.01. The molecule has 1 saturated heterocycles. The number of carbonyl (C=O) groups excluding carboxylic acids is 1. The quantitative estimate of drug-likeness (QED) is 0.838. The number of benzene rings is 1. The highest BCUT2D eigenvalue weighted by Crippen LogP contribution is 2.28. The molecule has 0 aromatic heterocycles. The maximum atomic E-state index is 11.9. The van der Waals surface area contributed by atoms with Gasteiger partial charge in [0.15, 0.2) is 0 Å². The summed E-state index contributed by atoms with van der Waals surface area (Å²) in [4.78, 5) is 13.7. The van der Waals surface area contributed by atoms with E-state index in [1.54, 1.807) is 4.90 Å². The molecule has 1 aliphatic heterocycles. The molecule has 0 aliphatic carbocycles. The van der Waals surface area contributed by atoms with Crippen molar-refractivity contribution < 1.29 is 9.90 Å². The van der Waals surface area contributed by atoms with Gasteiger partial charge in [-0.3, -0.25) is 4.79 Å². The van der Waals surface area contributed by atoms with E-state index in [2.05, 4.69) is 0 Å². The maximum Gasteiger partial charge on any atom is 0.226 e. The van der Waals surface area contributed by atoms with Crippen molar-refractivity contribution in [1.29, 1.82) is 0 Å². The number of carbonyl (C=O) groups is 1. The van der Waals surface area contributed by atoms with Crippen LogP contribution in [0.5, 0.6) is 0 Å². The highest BCUT2D eigenvalue weighted by atomic mass is 16.3. The van der Waals surface area contributed by atoms with Crippen molar-refractivity contribution >= 4 is 5.91 Å². The molecule has 1 aromatic rings. The molecule has 1 fully saturated rings. The summed E-state index contributed by atoms with van der Waals surface area (Å²) in [6, 6.07) is 9.53. The predicted molar refractivity (Wildman–Crippen MR) is 61.8 cm³/mol. The zero-order valence-corrected chi connectivity index (χ0v) is 9.47. The average Bonchev–Trinajstić information content (AvgIpc) is 2.64. The van der Waals surface area contributed by atoms with Crippen LogP contribution in [-0.2, 0) is 4.79 Å². The second kappa shape index (κ2) is 4.66. The van der Waals surface area contributed by atoms with E-state index in [0.29, 0.717) is 0 Å². The monoisotopic (exact) mass is 219 g/mol. The Morgan fingerprint density at radius 1 is 1.44 bits per heavy atom. The average molecular weight is 219 g/mol. The molecule has 0 radical (unpaired) electrons. The molecule has 0 saturated carbocycles. The Balaban J connectivity index is 2.21. The summed E-state index contributed by atoms with van der Waals surface area (Å²) in [5, 5.41) is 9.45. The van der Waals surface area contributed by atoms with Crippen LogP contribution < -0.4 is 0 Å². The minimum Gasteiger partial charge on any atom is -0.394 e. The van der Waals surface area contributed by atoms with Crippen LogP contribution in [0.25, 0.3) is 0 Å². The third kappa shape index (κ3) is 1.95. The molecule has 1 amide bonds. The molecule has 1 N–H and O–H groups in total. The van der Waals surface area contributed by atoms with E-state index in [4.69, 9.17) is 0 Å². The zero-order chi connectivity index (χ0) is 11.5. The number of likely N-dealkylation sites (tertiary alicyclic amines) is 1. The van der Waals surface area contributed by atoms with Gasteiger partial charge >= 0.3 is 0 Å². The molecule has 1 heterocycles. The third-order valence-corrected chi connectivity index (χ3v) is 3.24. The van der Waals surface area contributed by atoms with Gasteiger partial charge in [-0.1, -0.05) is 37.3 Å². The lowest BCUT2D eigenvalue weighted by molar-refractivity contribution is -0.133. The summed E-state index contributed by atoms with van der Waals surface area (Å²) in [6.07, 6.45) is 0.891. The number of amides is 1.